The van der Waals surface area contributed by atoms with E-state index >= 15 is 0 Å². The molecule has 142 valence electrons. The van der Waals surface area contributed by atoms with Crippen LogP contribution >= 0.6 is 0 Å². The molecule has 1 aromatic rings. The van der Waals surface area contributed by atoms with Crippen LogP contribution in [0.5, 0.6) is 5.75 Å². The highest BCUT2D eigenvalue weighted by atomic mass is 19.4. The van der Waals surface area contributed by atoms with E-state index in [2.05, 4.69) is 33.8 Å². The first kappa shape index (κ1) is 21.1. The van der Waals surface area contributed by atoms with E-state index in [0.29, 0.717) is 12.5 Å². The average molecular weight is 360 g/mol. The number of aliphatic imine (C=N–C) groups is 1. The third-order valence-corrected chi connectivity index (χ3v) is 4.08. The smallest absolute Gasteiger partial charge is 0.404 e. The number of nitrogens with one attached hydrogen (secondary N) is 1. The van der Waals surface area contributed by atoms with Crippen molar-refractivity contribution < 1.29 is 17.9 Å². The lowest BCUT2D eigenvalue weighted by molar-refractivity contribution is -0.274. The second-order valence-electron chi connectivity index (χ2n) is 6.00. The highest BCUT2D eigenvalue weighted by molar-refractivity contribution is 5.93. The van der Waals surface area contributed by atoms with Crippen LogP contribution in [-0.2, 0) is 0 Å². The summed E-state index contributed by atoms with van der Waals surface area (Å²) in [7, 11) is 3.96. The number of halogens is 3. The second-order valence-corrected chi connectivity index (χ2v) is 6.00. The highest BCUT2D eigenvalue weighted by Crippen LogP contribution is 2.29. The quantitative estimate of drug-likeness (QED) is 0.548. The summed E-state index contributed by atoms with van der Waals surface area (Å²) in [6.45, 7) is 4.71. The topological polar surface area (TPSA) is 62.9 Å². The summed E-state index contributed by atoms with van der Waals surface area (Å²) in [6, 6.07) is 5.92. The lowest BCUT2D eigenvalue weighted by atomic mass is 9.93. The number of para-hydroxylation sites is 2. The van der Waals surface area contributed by atoms with E-state index in [1.165, 1.54) is 18.2 Å². The third kappa shape index (κ3) is 7.21. The molecule has 0 saturated heterocycles. The van der Waals surface area contributed by atoms with Crippen LogP contribution in [-0.4, -0.2) is 43.9 Å². The predicted molar refractivity (Wildman–Crippen MR) is 94.8 cm³/mol. The van der Waals surface area contributed by atoms with Gasteiger partial charge in [0.05, 0.1) is 12.2 Å². The van der Waals surface area contributed by atoms with Crippen molar-refractivity contribution in [2.24, 2.45) is 16.6 Å². The normalized spacial score (nSPS) is 14.0. The third-order valence-electron chi connectivity index (χ3n) is 4.08. The maximum atomic E-state index is 12.5. The number of hydrogen-bond donors (Lipinski definition) is 2. The molecular formula is C17H27F3N4O. The van der Waals surface area contributed by atoms with Gasteiger partial charge < -0.3 is 20.7 Å². The number of guanidine groups is 1. The van der Waals surface area contributed by atoms with E-state index in [1.807, 2.05) is 14.1 Å². The van der Waals surface area contributed by atoms with Gasteiger partial charge in [-0.2, -0.15) is 0 Å². The molecule has 1 rings (SSSR count). The Balaban J connectivity index is 2.84. The molecule has 5 nitrogen and oxygen atoms in total. The van der Waals surface area contributed by atoms with Gasteiger partial charge in [0.2, 0.25) is 0 Å². The highest BCUT2D eigenvalue weighted by Gasteiger charge is 2.32. The number of nitrogens with zero attached hydrogens (tertiary/aromatic N) is 2. The largest absolute Gasteiger partial charge is 0.573 e. The fraction of sp³-hybridized carbons (Fsp3) is 0.588. The first-order valence-electron chi connectivity index (χ1n) is 8.26. The molecule has 0 fully saturated rings. The number of hydrogen-bond acceptors (Lipinski definition) is 3. The maximum Gasteiger partial charge on any atom is 0.573 e. The Morgan fingerprint density at radius 1 is 1.24 bits per heavy atom. The lowest BCUT2D eigenvalue weighted by Gasteiger charge is -2.30. The van der Waals surface area contributed by atoms with Crippen molar-refractivity contribution in [3.63, 3.8) is 0 Å². The van der Waals surface area contributed by atoms with Crippen LogP contribution in [0.2, 0.25) is 0 Å². The summed E-state index contributed by atoms with van der Waals surface area (Å²) in [5.41, 5.74) is 5.97. The van der Waals surface area contributed by atoms with Crippen molar-refractivity contribution in [3.05, 3.63) is 24.3 Å². The predicted octanol–water partition coefficient (Wildman–Crippen LogP) is 3.68. The van der Waals surface area contributed by atoms with Crippen molar-refractivity contribution in [3.8, 4) is 5.75 Å². The summed E-state index contributed by atoms with van der Waals surface area (Å²) in [4.78, 5) is 6.39. The molecule has 8 heteroatoms. The van der Waals surface area contributed by atoms with E-state index in [1.54, 1.807) is 6.07 Å². The zero-order valence-corrected chi connectivity index (χ0v) is 15.1. The van der Waals surface area contributed by atoms with Crippen LogP contribution in [0.3, 0.4) is 0 Å². The summed E-state index contributed by atoms with van der Waals surface area (Å²) in [6.07, 6.45) is -2.73. The fourth-order valence-electron chi connectivity index (χ4n) is 2.72. The van der Waals surface area contributed by atoms with E-state index in [0.717, 1.165) is 12.8 Å². The number of anilines is 1. The molecule has 0 heterocycles. The maximum absolute atomic E-state index is 12.5. The number of alkyl halides is 3. The van der Waals surface area contributed by atoms with Crippen molar-refractivity contribution in [1.29, 1.82) is 0 Å². The molecule has 1 atom stereocenters. The Bertz CT molecular complexity index is 557. The van der Waals surface area contributed by atoms with Gasteiger partial charge in [-0.3, -0.25) is 4.99 Å². The van der Waals surface area contributed by atoms with Crippen LogP contribution in [0.15, 0.2) is 29.3 Å². The zero-order chi connectivity index (χ0) is 19.0. The van der Waals surface area contributed by atoms with Crippen LogP contribution < -0.4 is 15.8 Å². The minimum Gasteiger partial charge on any atom is -0.404 e. The number of benzene rings is 1. The van der Waals surface area contributed by atoms with Gasteiger partial charge in [-0.25, -0.2) is 0 Å². The van der Waals surface area contributed by atoms with Gasteiger partial charge >= 0.3 is 6.36 Å². The monoisotopic (exact) mass is 360 g/mol. The van der Waals surface area contributed by atoms with Crippen molar-refractivity contribution >= 4 is 11.6 Å². The molecule has 3 N–H and O–H groups in total. The first-order chi connectivity index (χ1) is 11.7. The van der Waals surface area contributed by atoms with Crippen LogP contribution in [0.4, 0.5) is 18.9 Å². The number of rotatable bonds is 8. The van der Waals surface area contributed by atoms with Crippen LogP contribution in [0.1, 0.15) is 26.7 Å². The molecule has 0 aromatic heterocycles. The van der Waals surface area contributed by atoms with E-state index in [4.69, 9.17) is 5.73 Å². The van der Waals surface area contributed by atoms with Gasteiger partial charge in [0.15, 0.2) is 11.7 Å². The standard InChI is InChI=1S/C17H27F3N4O/c1-5-12(6-2)14(24(3)4)11-22-16(21)23-13-9-7-8-10-15(13)25-17(18,19)20/h7-10,12,14H,5-6,11H2,1-4H3,(H3,21,22,23). The molecular weight excluding hydrogens is 333 g/mol. The van der Waals surface area contributed by atoms with Crippen molar-refractivity contribution in [2.75, 3.05) is 26.0 Å². The minimum atomic E-state index is -4.77. The van der Waals surface area contributed by atoms with Crippen molar-refractivity contribution in [1.82, 2.24) is 4.90 Å². The summed E-state index contributed by atoms with van der Waals surface area (Å²) >= 11 is 0. The molecule has 0 amide bonds. The van der Waals surface area contributed by atoms with Gasteiger partial charge in [0.25, 0.3) is 0 Å². The molecule has 1 aromatic carbocycles. The number of ether oxygens (including phenoxy) is 1. The average Bonchev–Trinajstić information content (AvgIpc) is 2.51. The van der Waals surface area contributed by atoms with Crippen LogP contribution in [0, 0.1) is 5.92 Å². The van der Waals surface area contributed by atoms with Crippen molar-refractivity contribution in [2.45, 2.75) is 39.1 Å². The SMILES string of the molecule is CCC(CC)C(CN=C(N)Nc1ccccc1OC(F)(F)F)N(C)C. The summed E-state index contributed by atoms with van der Waals surface area (Å²) in [5, 5.41) is 2.69. The Hall–Kier alpha value is -1.96. The molecule has 0 aliphatic carbocycles. The van der Waals surface area contributed by atoms with Crippen LogP contribution in [0.25, 0.3) is 0 Å². The molecule has 0 saturated carbocycles. The molecule has 0 aliphatic heterocycles. The van der Waals surface area contributed by atoms with Gasteiger partial charge in [-0.1, -0.05) is 38.8 Å². The van der Waals surface area contributed by atoms with Gasteiger partial charge in [-0.05, 0) is 32.1 Å². The Kier molecular flexibility index (Phi) is 8.02. The zero-order valence-electron chi connectivity index (χ0n) is 15.1. The Morgan fingerprint density at radius 2 is 1.84 bits per heavy atom. The Labute approximate surface area is 147 Å². The van der Waals surface area contributed by atoms with Gasteiger partial charge in [0.1, 0.15) is 0 Å². The number of nitrogens with two attached hydrogens (primary N) is 1. The molecule has 0 radical (unpaired) electrons. The molecule has 0 aliphatic rings. The van der Waals surface area contributed by atoms with Gasteiger partial charge in [0, 0.05) is 6.04 Å². The van der Waals surface area contributed by atoms with E-state index in [9.17, 15) is 13.2 Å². The summed E-state index contributed by atoms with van der Waals surface area (Å²) in [5.74, 6) is 0.167. The molecule has 1 unspecified atom stereocenters. The molecule has 0 spiro atoms. The summed E-state index contributed by atoms with van der Waals surface area (Å²) < 4.78 is 41.3. The van der Waals surface area contributed by atoms with Gasteiger partial charge in [-0.15, -0.1) is 13.2 Å². The lowest BCUT2D eigenvalue weighted by Crippen LogP contribution is -2.38. The number of likely N-dealkylation sites (N-methyl/N-ethyl adjacent to an activating group) is 1. The fourth-order valence-corrected chi connectivity index (χ4v) is 2.72. The molecule has 0 bridgehead atoms. The first-order valence-corrected chi connectivity index (χ1v) is 8.26. The van der Waals surface area contributed by atoms with E-state index < -0.39 is 6.36 Å². The van der Waals surface area contributed by atoms with E-state index in [-0.39, 0.29) is 23.4 Å². The minimum absolute atomic E-state index is 0.0519. The molecule has 25 heavy (non-hydrogen) atoms. The Morgan fingerprint density at radius 3 is 2.36 bits per heavy atom. The second kappa shape index (κ2) is 9.50.